The van der Waals surface area contributed by atoms with Crippen molar-refractivity contribution in [1.29, 1.82) is 0 Å². The monoisotopic (exact) mass is 399 g/mol. The molecule has 2 aromatic carbocycles. The predicted octanol–water partition coefficient (Wildman–Crippen LogP) is 2.40. The normalized spacial score (nSPS) is 16.3. The van der Waals surface area contributed by atoms with Crippen LogP contribution in [0.25, 0.3) is 6.08 Å². The van der Waals surface area contributed by atoms with Crippen molar-refractivity contribution in [3.63, 3.8) is 0 Å². The number of ether oxygens (including phenoxy) is 2. The molecule has 0 bridgehead atoms. The first-order valence-corrected chi connectivity index (χ1v) is 8.88. The van der Waals surface area contributed by atoms with Crippen LogP contribution in [0.4, 0.5) is 5.69 Å². The van der Waals surface area contributed by atoms with Crippen LogP contribution >= 0.6 is 11.8 Å². The summed E-state index contributed by atoms with van der Waals surface area (Å²) in [5.41, 5.74) is 6.58. The van der Waals surface area contributed by atoms with Gasteiger partial charge in [0.1, 0.15) is 0 Å². The van der Waals surface area contributed by atoms with Crippen molar-refractivity contribution >= 4 is 40.5 Å². The minimum absolute atomic E-state index is 0.124. The first-order valence-electron chi connectivity index (χ1n) is 8.06. The number of primary amides is 1. The van der Waals surface area contributed by atoms with E-state index in [9.17, 15) is 14.7 Å². The van der Waals surface area contributed by atoms with Crippen molar-refractivity contribution in [1.82, 2.24) is 5.32 Å². The Morgan fingerprint density at radius 1 is 1.21 bits per heavy atom. The highest BCUT2D eigenvalue weighted by Gasteiger charge is 2.25. The van der Waals surface area contributed by atoms with E-state index >= 15 is 0 Å². The lowest BCUT2D eigenvalue weighted by Crippen LogP contribution is -2.19. The highest BCUT2D eigenvalue weighted by atomic mass is 32.2. The number of nitrogens with zero attached hydrogens (tertiary/aromatic N) is 1. The number of methoxy groups -OCH3 is 2. The number of para-hydroxylation sites is 1. The van der Waals surface area contributed by atoms with E-state index in [4.69, 9.17) is 15.2 Å². The number of carbonyl (C=O) groups is 2. The Morgan fingerprint density at radius 3 is 2.46 bits per heavy atom. The van der Waals surface area contributed by atoms with Crippen molar-refractivity contribution < 1.29 is 24.2 Å². The van der Waals surface area contributed by atoms with Crippen LogP contribution in [0.2, 0.25) is 0 Å². The number of benzene rings is 2. The number of phenols is 1. The topological polar surface area (TPSA) is 123 Å². The second-order valence-corrected chi connectivity index (χ2v) is 6.67. The second-order valence-electron chi connectivity index (χ2n) is 5.64. The van der Waals surface area contributed by atoms with Gasteiger partial charge in [0, 0.05) is 0 Å². The first kappa shape index (κ1) is 19.3. The van der Waals surface area contributed by atoms with Crippen molar-refractivity contribution in [3.8, 4) is 17.2 Å². The average Bonchev–Trinajstić information content (AvgIpc) is 3.02. The van der Waals surface area contributed by atoms with E-state index in [1.165, 1.54) is 14.2 Å². The number of carbonyl (C=O) groups excluding carboxylic acids is 2. The Labute approximate surface area is 165 Å². The van der Waals surface area contributed by atoms with Crippen LogP contribution in [-0.2, 0) is 4.79 Å². The van der Waals surface area contributed by atoms with Crippen LogP contribution < -0.4 is 20.5 Å². The van der Waals surface area contributed by atoms with Gasteiger partial charge in [-0.25, -0.2) is 4.99 Å². The SMILES string of the molecule is COc1cc(/C=C2\SC(=Nc3ccccc3C(N)=O)NC2=O)cc(OC)c1O. The Bertz CT molecular complexity index is 991. The summed E-state index contributed by atoms with van der Waals surface area (Å²) in [5, 5.41) is 13.0. The van der Waals surface area contributed by atoms with Crippen molar-refractivity contribution in [2.24, 2.45) is 10.7 Å². The highest BCUT2D eigenvalue weighted by Crippen LogP contribution is 2.38. The molecule has 1 fully saturated rings. The van der Waals surface area contributed by atoms with Crippen LogP contribution in [0.5, 0.6) is 17.2 Å². The molecule has 1 aliphatic heterocycles. The van der Waals surface area contributed by atoms with Gasteiger partial charge in [-0.15, -0.1) is 0 Å². The fraction of sp³-hybridized carbons (Fsp3) is 0.105. The van der Waals surface area contributed by atoms with E-state index in [0.29, 0.717) is 21.3 Å². The zero-order valence-electron chi connectivity index (χ0n) is 15.1. The zero-order valence-corrected chi connectivity index (χ0v) is 15.9. The highest BCUT2D eigenvalue weighted by molar-refractivity contribution is 8.18. The van der Waals surface area contributed by atoms with Gasteiger partial charge in [0.15, 0.2) is 16.7 Å². The van der Waals surface area contributed by atoms with Crippen molar-refractivity contribution in [3.05, 3.63) is 52.4 Å². The summed E-state index contributed by atoms with van der Waals surface area (Å²) in [6.07, 6.45) is 1.62. The molecule has 4 N–H and O–H groups in total. The molecule has 2 amide bonds. The Kier molecular flexibility index (Phi) is 5.55. The maximum Gasteiger partial charge on any atom is 0.264 e. The largest absolute Gasteiger partial charge is 0.502 e. The molecule has 144 valence electrons. The van der Waals surface area contributed by atoms with Gasteiger partial charge in [0.2, 0.25) is 5.75 Å². The number of amides is 2. The summed E-state index contributed by atoms with van der Waals surface area (Å²) >= 11 is 1.11. The molecule has 0 aromatic heterocycles. The lowest BCUT2D eigenvalue weighted by atomic mass is 10.1. The molecular formula is C19H17N3O5S. The Morgan fingerprint density at radius 2 is 1.86 bits per heavy atom. The number of thioether (sulfide) groups is 1. The van der Waals surface area contributed by atoms with Gasteiger partial charge in [-0.1, -0.05) is 12.1 Å². The van der Waals surface area contributed by atoms with Crippen LogP contribution in [0.3, 0.4) is 0 Å². The van der Waals surface area contributed by atoms with Gasteiger partial charge in [0.05, 0.1) is 30.4 Å². The molecule has 1 saturated heterocycles. The number of rotatable bonds is 5. The van der Waals surface area contributed by atoms with E-state index in [1.54, 1.807) is 42.5 Å². The molecule has 1 aliphatic rings. The number of aliphatic imine (C=N–C) groups is 1. The molecule has 0 saturated carbocycles. The van der Waals surface area contributed by atoms with Gasteiger partial charge < -0.3 is 25.6 Å². The Hall–Kier alpha value is -3.46. The number of nitrogens with two attached hydrogens (primary N) is 1. The summed E-state index contributed by atoms with van der Waals surface area (Å²) in [5.74, 6) is -0.626. The Balaban J connectivity index is 1.93. The van der Waals surface area contributed by atoms with Crippen molar-refractivity contribution in [2.45, 2.75) is 0 Å². The number of aromatic hydroxyl groups is 1. The van der Waals surface area contributed by atoms with E-state index < -0.39 is 5.91 Å². The molecule has 9 heteroatoms. The van der Waals surface area contributed by atoms with Crippen LogP contribution in [0, 0.1) is 0 Å². The molecule has 0 atom stereocenters. The van der Waals surface area contributed by atoms with E-state index in [0.717, 1.165) is 11.8 Å². The van der Waals surface area contributed by atoms with Crippen LogP contribution in [-0.4, -0.2) is 36.3 Å². The fourth-order valence-electron chi connectivity index (χ4n) is 2.52. The quantitative estimate of drug-likeness (QED) is 0.664. The smallest absolute Gasteiger partial charge is 0.264 e. The van der Waals surface area contributed by atoms with E-state index in [2.05, 4.69) is 10.3 Å². The van der Waals surface area contributed by atoms with Crippen LogP contribution in [0.1, 0.15) is 15.9 Å². The number of hydrogen-bond acceptors (Lipinski definition) is 7. The lowest BCUT2D eigenvalue weighted by Gasteiger charge is -2.09. The molecule has 2 aromatic rings. The number of nitrogens with one attached hydrogen (secondary N) is 1. The third-order valence-corrected chi connectivity index (χ3v) is 4.75. The molecular weight excluding hydrogens is 382 g/mol. The van der Waals surface area contributed by atoms with Gasteiger partial charge in [0.25, 0.3) is 11.8 Å². The molecule has 1 heterocycles. The third-order valence-electron chi connectivity index (χ3n) is 3.84. The van der Waals surface area contributed by atoms with E-state index in [1.807, 2.05) is 0 Å². The summed E-state index contributed by atoms with van der Waals surface area (Å²) in [6.45, 7) is 0. The standard InChI is InChI=1S/C19H17N3O5S/c1-26-13-7-10(8-14(27-2)16(13)23)9-15-18(25)22-19(28-15)21-12-6-4-3-5-11(12)17(20)24/h3-9,23H,1-2H3,(H2,20,24)(H,21,22,25)/b15-9-. The summed E-state index contributed by atoms with van der Waals surface area (Å²) in [6, 6.07) is 9.76. The molecule has 3 rings (SSSR count). The number of amidine groups is 1. The second kappa shape index (κ2) is 8.05. The third kappa shape index (κ3) is 3.94. The van der Waals surface area contributed by atoms with Crippen LogP contribution in [0.15, 0.2) is 46.3 Å². The fourth-order valence-corrected chi connectivity index (χ4v) is 3.35. The molecule has 0 aliphatic carbocycles. The van der Waals surface area contributed by atoms with Gasteiger partial charge in [-0.2, -0.15) is 0 Å². The van der Waals surface area contributed by atoms with Gasteiger partial charge >= 0.3 is 0 Å². The van der Waals surface area contributed by atoms with Gasteiger partial charge in [-0.3, -0.25) is 9.59 Å². The van der Waals surface area contributed by atoms with Crippen molar-refractivity contribution in [2.75, 3.05) is 14.2 Å². The van der Waals surface area contributed by atoms with Gasteiger partial charge in [-0.05, 0) is 47.7 Å². The number of phenolic OH excluding ortho intramolecular Hbond substituents is 1. The molecule has 0 radical (unpaired) electrons. The molecule has 8 nitrogen and oxygen atoms in total. The molecule has 28 heavy (non-hydrogen) atoms. The predicted molar refractivity (Wildman–Crippen MR) is 107 cm³/mol. The maximum absolute atomic E-state index is 12.3. The molecule has 0 spiro atoms. The minimum Gasteiger partial charge on any atom is -0.502 e. The summed E-state index contributed by atoms with van der Waals surface area (Å²) in [4.78, 5) is 28.5. The first-order chi connectivity index (χ1) is 13.4. The minimum atomic E-state index is -0.603. The maximum atomic E-state index is 12.3. The summed E-state index contributed by atoms with van der Waals surface area (Å²) in [7, 11) is 2.84. The average molecular weight is 399 g/mol. The lowest BCUT2D eigenvalue weighted by molar-refractivity contribution is -0.115. The summed E-state index contributed by atoms with van der Waals surface area (Å²) < 4.78 is 10.2. The van der Waals surface area contributed by atoms with E-state index in [-0.39, 0.29) is 28.7 Å². The zero-order chi connectivity index (χ0) is 20.3. The molecule has 0 unspecified atom stereocenters. The number of hydrogen-bond donors (Lipinski definition) is 3.